The molecule has 3 rings (SSSR count). The van der Waals surface area contributed by atoms with Crippen molar-refractivity contribution in [1.82, 2.24) is 20.9 Å². The van der Waals surface area contributed by atoms with Gasteiger partial charge in [-0.2, -0.15) is 0 Å². The zero-order valence-electron chi connectivity index (χ0n) is 19.0. The molecule has 1 heterocycles. The zero-order chi connectivity index (χ0) is 24.6. The number of carbonyl (C=O) groups is 4. The Morgan fingerprint density at radius 3 is 2.44 bits per heavy atom. The third-order valence-electron chi connectivity index (χ3n) is 5.82. The van der Waals surface area contributed by atoms with Crippen LogP contribution in [0, 0.1) is 0 Å². The predicted octanol–water partition coefficient (Wildman–Crippen LogP) is 2.23. The maximum atomic E-state index is 14.9. The molecule has 182 valence electrons. The number of nitrogens with one attached hydrogen (secondary N) is 3. The Hall–Kier alpha value is -3.14. The average Bonchev–Trinajstić information content (AvgIpc) is 3.36. The summed E-state index contributed by atoms with van der Waals surface area (Å²) in [6.45, 7) is 1.52. The molecule has 1 saturated carbocycles. The van der Waals surface area contributed by atoms with E-state index in [4.69, 9.17) is 0 Å². The lowest BCUT2D eigenvalue weighted by atomic mass is 9.85. The second kappa shape index (κ2) is 11.8. The Kier molecular flexibility index (Phi) is 8.86. The SMILES string of the molecule is C[C@@H](NC(=O)C1(F)CCCCC1)C(=O)N[C@H](Cc1ccccc1)C(=O)C(=O)NCc1nccs1. The predicted molar refractivity (Wildman–Crippen MR) is 126 cm³/mol. The topological polar surface area (TPSA) is 117 Å². The van der Waals surface area contributed by atoms with Crippen molar-refractivity contribution in [2.45, 2.75) is 69.7 Å². The van der Waals surface area contributed by atoms with Crippen LogP contribution in [-0.4, -0.2) is 46.2 Å². The van der Waals surface area contributed by atoms with Gasteiger partial charge in [-0.3, -0.25) is 19.2 Å². The van der Waals surface area contributed by atoms with Crippen LogP contribution in [0.15, 0.2) is 41.9 Å². The second-order valence-corrected chi connectivity index (χ2v) is 9.42. The number of amides is 3. The van der Waals surface area contributed by atoms with Crippen LogP contribution in [0.5, 0.6) is 0 Å². The number of ketones is 1. The molecule has 0 spiro atoms. The number of hydrogen-bond donors (Lipinski definition) is 3. The summed E-state index contributed by atoms with van der Waals surface area (Å²) in [5.41, 5.74) is -1.24. The maximum Gasteiger partial charge on any atom is 0.289 e. The van der Waals surface area contributed by atoms with Gasteiger partial charge < -0.3 is 16.0 Å². The van der Waals surface area contributed by atoms with Crippen LogP contribution in [-0.2, 0) is 32.1 Å². The molecule has 0 radical (unpaired) electrons. The van der Waals surface area contributed by atoms with Crippen LogP contribution in [0.3, 0.4) is 0 Å². The Balaban J connectivity index is 1.64. The fourth-order valence-corrected chi connectivity index (χ4v) is 4.38. The fourth-order valence-electron chi connectivity index (χ4n) is 3.83. The lowest BCUT2D eigenvalue weighted by Crippen LogP contribution is -2.56. The highest BCUT2D eigenvalue weighted by Gasteiger charge is 2.41. The minimum absolute atomic E-state index is 0.0871. The molecule has 8 nitrogen and oxygen atoms in total. The first-order chi connectivity index (χ1) is 16.3. The van der Waals surface area contributed by atoms with E-state index in [-0.39, 0.29) is 25.8 Å². The van der Waals surface area contributed by atoms with Gasteiger partial charge in [-0.1, -0.05) is 36.8 Å². The zero-order valence-corrected chi connectivity index (χ0v) is 19.8. The summed E-state index contributed by atoms with van der Waals surface area (Å²) in [6, 6.07) is 6.72. The van der Waals surface area contributed by atoms with E-state index in [1.54, 1.807) is 35.8 Å². The summed E-state index contributed by atoms with van der Waals surface area (Å²) in [5, 5.41) is 9.91. The van der Waals surface area contributed by atoms with E-state index < -0.39 is 41.3 Å². The number of nitrogens with zero attached hydrogens (tertiary/aromatic N) is 1. The highest BCUT2D eigenvalue weighted by molar-refractivity contribution is 7.09. The van der Waals surface area contributed by atoms with Gasteiger partial charge in [0.15, 0.2) is 5.67 Å². The summed E-state index contributed by atoms with van der Waals surface area (Å²) in [5.74, 6) is -3.16. The summed E-state index contributed by atoms with van der Waals surface area (Å²) < 4.78 is 14.9. The Morgan fingerprint density at radius 1 is 1.09 bits per heavy atom. The average molecular weight is 489 g/mol. The molecule has 34 heavy (non-hydrogen) atoms. The molecule has 3 N–H and O–H groups in total. The molecule has 0 saturated heterocycles. The third-order valence-corrected chi connectivity index (χ3v) is 6.60. The van der Waals surface area contributed by atoms with Crippen molar-refractivity contribution in [1.29, 1.82) is 0 Å². The van der Waals surface area contributed by atoms with Crippen molar-refractivity contribution in [3.05, 3.63) is 52.5 Å². The number of aromatic nitrogens is 1. The Labute approximate surface area is 201 Å². The molecule has 1 aliphatic carbocycles. The number of halogens is 1. The van der Waals surface area contributed by atoms with E-state index in [2.05, 4.69) is 20.9 Å². The summed E-state index contributed by atoms with van der Waals surface area (Å²) in [4.78, 5) is 54.7. The molecule has 1 fully saturated rings. The van der Waals surface area contributed by atoms with Gasteiger partial charge in [0.25, 0.3) is 11.8 Å². The smallest absolute Gasteiger partial charge is 0.289 e. The number of Topliss-reactive ketones (excluding diaryl/α,β-unsaturated/α-hetero) is 1. The minimum Gasteiger partial charge on any atom is -0.344 e. The Bertz CT molecular complexity index is 994. The van der Waals surface area contributed by atoms with Crippen LogP contribution in [0.1, 0.15) is 49.6 Å². The molecule has 1 aromatic heterocycles. The molecule has 2 atom stereocenters. The van der Waals surface area contributed by atoms with Gasteiger partial charge >= 0.3 is 0 Å². The van der Waals surface area contributed by atoms with E-state index >= 15 is 0 Å². The van der Waals surface area contributed by atoms with Crippen molar-refractivity contribution in [3.8, 4) is 0 Å². The Morgan fingerprint density at radius 2 is 1.79 bits per heavy atom. The van der Waals surface area contributed by atoms with Gasteiger partial charge in [0, 0.05) is 18.0 Å². The minimum atomic E-state index is -1.98. The van der Waals surface area contributed by atoms with Gasteiger partial charge in [0.2, 0.25) is 11.7 Å². The van der Waals surface area contributed by atoms with Gasteiger partial charge in [0.1, 0.15) is 17.1 Å². The van der Waals surface area contributed by atoms with Crippen LogP contribution in [0.4, 0.5) is 4.39 Å². The largest absolute Gasteiger partial charge is 0.344 e. The number of thiazole rings is 1. The van der Waals surface area contributed by atoms with E-state index in [0.717, 1.165) is 12.0 Å². The molecular weight excluding hydrogens is 459 g/mol. The monoisotopic (exact) mass is 488 g/mol. The van der Waals surface area contributed by atoms with Crippen molar-refractivity contribution in [2.75, 3.05) is 0 Å². The standard InChI is InChI=1S/C24H29FN4O4S/c1-16(28-23(33)24(25)10-6-3-7-11-24)21(31)29-18(14-17-8-4-2-5-9-17)20(30)22(32)27-15-19-26-12-13-34-19/h2,4-5,8-9,12-13,16,18H,3,6-7,10-11,14-15H2,1H3,(H,27,32)(H,28,33)(H,29,31)/t16-,18-/m1/s1. The van der Waals surface area contributed by atoms with Crippen molar-refractivity contribution in [2.24, 2.45) is 0 Å². The molecule has 0 unspecified atom stereocenters. The number of rotatable bonds is 10. The van der Waals surface area contributed by atoms with E-state index in [9.17, 15) is 23.6 Å². The third kappa shape index (κ3) is 6.93. The summed E-state index contributed by atoms with van der Waals surface area (Å²) in [6.07, 6.45) is 4.05. The first-order valence-corrected chi connectivity index (χ1v) is 12.2. The molecule has 0 bridgehead atoms. The van der Waals surface area contributed by atoms with Gasteiger partial charge in [0.05, 0.1) is 6.54 Å². The van der Waals surface area contributed by atoms with Gasteiger partial charge in [-0.25, -0.2) is 9.37 Å². The van der Waals surface area contributed by atoms with Crippen molar-refractivity contribution in [3.63, 3.8) is 0 Å². The number of benzene rings is 1. The van der Waals surface area contributed by atoms with Crippen LogP contribution < -0.4 is 16.0 Å². The van der Waals surface area contributed by atoms with E-state index in [0.29, 0.717) is 17.8 Å². The van der Waals surface area contributed by atoms with E-state index in [1.165, 1.54) is 18.3 Å². The fraction of sp³-hybridized carbons (Fsp3) is 0.458. The van der Waals surface area contributed by atoms with Crippen LogP contribution in [0.25, 0.3) is 0 Å². The highest BCUT2D eigenvalue weighted by atomic mass is 32.1. The van der Waals surface area contributed by atoms with Crippen molar-refractivity contribution < 1.29 is 23.6 Å². The van der Waals surface area contributed by atoms with Gasteiger partial charge in [-0.05, 0) is 38.2 Å². The first kappa shape index (κ1) is 25.5. The first-order valence-electron chi connectivity index (χ1n) is 11.3. The maximum absolute atomic E-state index is 14.9. The second-order valence-electron chi connectivity index (χ2n) is 8.44. The molecular formula is C24H29FN4O4S. The molecule has 10 heteroatoms. The summed E-state index contributed by atoms with van der Waals surface area (Å²) >= 11 is 1.34. The lowest BCUT2D eigenvalue weighted by Gasteiger charge is -2.29. The quantitative estimate of drug-likeness (QED) is 0.444. The molecule has 0 aliphatic heterocycles. The lowest BCUT2D eigenvalue weighted by molar-refractivity contribution is -0.141. The van der Waals surface area contributed by atoms with Gasteiger partial charge in [-0.15, -0.1) is 11.3 Å². The molecule has 2 aromatic rings. The highest BCUT2D eigenvalue weighted by Crippen LogP contribution is 2.32. The summed E-state index contributed by atoms with van der Waals surface area (Å²) in [7, 11) is 0. The molecule has 1 aliphatic rings. The normalized spacial score (nSPS) is 16.6. The molecule has 3 amide bonds. The van der Waals surface area contributed by atoms with E-state index in [1.807, 2.05) is 6.07 Å². The molecule has 1 aromatic carbocycles. The van der Waals surface area contributed by atoms with Crippen LogP contribution >= 0.6 is 11.3 Å². The number of hydrogen-bond acceptors (Lipinski definition) is 6. The van der Waals surface area contributed by atoms with Crippen LogP contribution in [0.2, 0.25) is 0 Å². The number of carbonyl (C=O) groups excluding carboxylic acids is 4. The number of alkyl halides is 1. The van der Waals surface area contributed by atoms with Crippen molar-refractivity contribution >= 4 is 34.8 Å².